The van der Waals surface area contributed by atoms with Gasteiger partial charge in [0.2, 0.25) is 0 Å². The summed E-state index contributed by atoms with van der Waals surface area (Å²) in [7, 11) is -33.4. The number of methoxy groups -OCH3 is 8. The maximum Gasteiger partial charge on any atom is 0.397 e. The monoisotopic (exact) mass is 1550 g/mol. The molecule has 5 rings (SSSR count). The van der Waals surface area contributed by atoms with E-state index in [4.69, 9.17) is 88.9 Å². The van der Waals surface area contributed by atoms with Gasteiger partial charge in [-0.05, 0) is 0 Å². The molecule has 95 heavy (non-hydrogen) atoms. The Kier molecular flexibility index (Phi) is 31.6. The summed E-state index contributed by atoms with van der Waals surface area (Å²) < 4.78 is 366. The second kappa shape index (κ2) is 35.0. The largest absolute Gasteiger partial charge is 0.479 e. The van der Waals surface area contributed by atoms with Gasteiger partial charge in [0.1, 0.15) is 97.7 Å². The predicted octanol–water partition coefficient (Wildman–Crippen LogP) is -8.10. The van der Waals surface area contributed by atoms with Crippen molar-refractivity contribution in [3.63, 3.8) is 0 Å². The van der Waals surface area contributed by atoms with Gasteiger partial charge in [0.05, 0.1) is 19.8 Å². The van der Waals surface area contributed by atoms with Crippen molar-refractivity contribution in [1.82, 2.24) is 0 Å². The van der Waals surface area contributed by atoms with Gasteiger partial charge in [-0.25, -0.2) is 38.9 Å². The van der Waals surface area contributed by atoms with E-state index < -0.39 is 258 Å². The molecular weight excluding hydrogens is 1490 g/mol. The second-order valence-electron chi connectivity index (χ2n) is 19.3. The van der Waals surface area contributed by atoms with Gasteiger partial charge < -0.3 is 90.7 Å². The number of aliphatic carboxylic acids is 2. The van der Waals surface area contributed by atoms with Crippen LogP contribution >= 0.6 is 0 Å². The fourth-order valence-corrected chi connectivity index (χ4v) is 13.1. The molecule has 0 aromatic rings. The number of carbonyl (C=O) groups is 2. The minimum absolute atomic E-state index is 0. The number of ether oxygens (including phenoxy) is 17. The van der Waals surface area contributed by atoms with E-state index in [1.54, 1.807) is 0 Å². The molecule has 5 aliphatic heterocycles. The van der Waals surface area contributed by atoms with Crippen molar-refractivity contribution in [3.05, 3.63) is 0 Å². The molecule has 0 aromatic heterocycles. The minimum atomic E-state index is -6.20. The predicted molar refractivity (Wildman–Crippen MR) is 285 cm³/mol. The molecule has 5 aliphatic rings. The molecule has 5 fully saturated rings. The Balaban J connectivity index is 0.0000192. The van der Waals surface area contributed by atoms with Gasteiger partial charge in [-0.3, -0.25) is 31.9 Å². The molecule has 0 spiro atoms. The van der Waals surface area contributed by atoms with Crippen LogP contribution in [0.15, 0.2) is 0 Å². The van der Waals surface area contributed by atoms with Crippen LogP contribution in [0.2, 0.25) is 0 Å². The van der Waals surface area contributed by atoms with Gasteiger partial charge in [-0.15, -0.1) is 0 Å². The van der Waals surface area contributed by atoms with E-state index in [1.807, 2.05) is 0 Å². The summed E-state index contributed by atoms with van der Waals surface area (Å²) >= 11 is 0. The molecule has 553 valence electrons. The zero-order chi connectivity index (χ0) is 71.2. The summed E-state index contributed by atoms with van der Waals surface area (Å²) in [6, 6.07) is 0. The van der Waals surface area contributed by atoms with E-state index in [2.05, 4.69) is 20.9 Å². The summed E-state index contributed by atoms with van der Waals surface area (Å²) in [5.74, 6) is -4.28. The molecule has 5 saturated heterocycles. The summed E-state index contributed by atoms with van der Waals surface area (Å²) in [5, 5.41) is 21.4. The zero-order valence-electron chi connectivity index (χ0n) is 49.8. The van der Waals surface area contributed by atoms with E-state index in [-0.39, 0.29) is 29.6 Å². The maximum atomic E-state index is 13.3. The summed E-state index contributed by atoms with van der Waals surface area (Å²) in [5.41, 5.74) is 0. The van der Waals surface area contributed by atoms with Gasteiger partial charge in [-0.2, -0.15) is 58.9 Å². The summed E-state index contributed by atoms with van der Waals surface area (Å²) in [4.78, 5) is 26.6. The Morgan fingerprint density at radius 1 is 0.284 bits per heavy atom. The van der Waals surface area contributed by atoms with Crippen molar-refractivity contribution in [2.75, 3.05) is 76.7 Å². The van der Waals surface area contributed by atoms with Gasteiger partial charge in [0.15, 0.2) is 55.9 Å². The quantitative estimate of drug-likeness (QED) is 0.0210. The van der Waals surface area contributed by atoms with Gasteiger partial charge in [-0.1, -0.05) is 0 Å². The number of hydrogen-bond donors (Lipinski definition) is 9. The van der Waals surface area contributed by atoms with Gasteiger partial charge >= 0.3 is 84.7 Å². The van der Waals surface area contributed by atoms with Crippen LogP contribution < -0.4 is 0 Å². The van der Waals surface area contributed by atoms with E-state index in [9.17, 15) is 111 Å². The minimum Gasteiger partial charge on any atom is -0.479 e. The van der Waals surface area contributed by atoms with Crippen LogP contribution in [-0.4, -0.2) is 373 Å². The smallest absolute Gasteiger partial charge is 0.397 e. The Morgan fingerprint density at radius 2 is 0.516 bits per heavy atom. The molecular formula is C38H64NaO49S7. The van der Waals surface area contributed by atoms with Gasteiger partial charge in [0, 0.05) is 86.4 Å². The number of carboxylic acids is 2. The zero-order valence-corrected chi connectivity index (χ0v) is 57.5. The molecule has 9 N–H and O–H groups in total. The van der Waals surface area contributed by atoms with E-state index >= 15 is 0 Å². The van der Waals surface area contributed by atoms with Crippen molar-refractivity contribution in [1.29, 1.82) is 0 Å². The molecule has 49 nitrogen and oxygen atoms in total. The molecule has 0 amide bonds. The molecule has 57 heteroatoms. The third-order valence-corrected chi connectivity index (χ3v) is 16.8. The molecule has 0 bridgehead atoms. The second-order valence-corrected chi connectivity index (χ2v) is 26.8. The first kappa shape index (κ1) is 85.8. The molecule has 0 aliphatic carbocycles. The number of rotatable bonds is 35. The average Bonchev–Trinajstić information content (AvgIpc) is 0.763. The number of carboxylic acid groups (broad SMARTS) is 2. The van der Waals surface area contributed by atoms with E-state index in [1.165, 1.54) is 0 Å². The van der Waals surface area contributed by atoms with Crippen molar-refractivity contribution >= 4 is 114 Å². The molecule has 5 heterocycles. The van der Waals surface area contributed by atoms with Crippen LogP contribution in [0.25, 0.3) is 0 Å². The standard InChI is InChI=1S/C38H64O49S7.Na/c1-64-15-12(9-72-88(43,44)45)76-35(27(68-5)18(15)65-2)80-21-19(66-3)28(69-6)37(82-25(21)32(39)40)79-17-14(11-74-90(49,50)51)77-38(31(87-94(61,62)63)24(17)85-92(55,56)57)81-22-20(67-4)29(70-7)36(83-26(22)33(41)42)78-16-13(10-73-89(46,47)48)75-34(71-8)30(86-93(58,59)60)23(16)84-91(52,53)54;/h12-31,34-38H,9-11H2,1-8H3,(H,39,40)(H,41,42)(H,43,44,45)(H,46,47,48)(H,49,50,51)(H,52,53,54)(H,55,56,57)(H,58,59,60)(H,61,62,63);/t12-,13-,14-,15-,16-,17-,18+,19+,20+,21+,22+,23+,24+,25+,26-,27-,28-,29-,30-,31-,34+,35-,36-,37-,38-;/m1./s1. The van der Waals surface area contributed by atoms with Crippen LogP contribution in [0.4, 0.5) is 0 Å². The van der Waals surface area contributed by atoms with Crippen LogP contribution in [0.5, 0.6) is 0 Å². The van der Waals surface area contributed by atoms with Crippen LogP contribution in [-0.2, 0) is 192 Å². The first-order valence-corrected chi connectivity index (χ1v) is 34.9. The third kappa shape index (κ3) is 24.2. The maximum absolute atomic E-state index is 13.3. The molecule has 0 saturated carbocycles. The summed E-state index contributed by atoms with van der Waals surface area (Å²) in [6.45, 7) is -4.33. The molecule has 25 atom stereocenters. The fraction of sp³-hybridized carbons (Fsp3) is 0.947. The van der Waals surface area contributed by atoms with Crippen molar-refractivity contribution < 1.29 is 220 Å². The Morgan fingerprint density at radius 3 is 0.779 bits per heavy atom. The van der Waals surface area contributed by atoms with E-state index in [0.717, 1.165) is 42.7 Å². The Bertz CT molecular complexity index is 3350. The van der Waals surface area contributed by atoms with Crippen molar-refractivity contribution in [2.45, 2.75) is 154 Å². The van der Waals surface area contributed by atoms with Crippen molar-refractivity contribution in [2.24, 2.45) is 0 Å². The number of hydrogen-bond acceptors (Lipinski definition) is 40. The molecule has 1 radical (unpaired) electrons. The summed E-state index contributed by atoms with van der Waals surface area (Å²) in [6.07, 6.45) is -58.8. The topological polar surface area (TPSA) is 677 Å². The normalized spacial score (nSPS) is 37.2. The SMILES string of the molecule is CO[C@H]1O[C@H](COS(=O)(=O)O)[C@@H](O[C@@H]2O[C@@H](C(=O)O)[C@@H](O[C@H]3O[C@H](COS(=O)(=O)O)[C@@H](O[C@@H]4O[C@H](C(=O)O)[C@@H](O[C@H]5O[C@H](COS(=O)(=O)O)[C@@H](OC)[C@H](OC)[C@H]5OC)[C@H](OC)[C@H]4OC)[C@H](OS(=O)(=O)O)[C@H]3OS(=O)(=O)O)[C@H](OC)[C@H]2OC)[C@H](OS(=O)(=O)O)[C@H]1OS(=O)(=O)O.[Na]. The van der Waals surface area contributed by atoms with E-state index in [0.29, 0.717) is 14.2 Å². The van der Waals surface area contributed by atoms with Gasteiger partial charge in [0.25, 0.3) is 0 Å². The van der Waals surface area contributed by atoms with Crippen LogP contribution in [0.1, 0.15) is 0 Å². The first-order valence-electron chi connectivity index (χ1n) is 25.3. The first-order chi connectivity index (χ1) is 43.2. The average molecular weight is 1550 g/mol. The van der Waals surface area contributed by atoms with Crippen LogP contribution in [0.3, 0.4) is 0 Å². The Labute approximate surface area is 561 Å². The third-order valence-electron chi connectivity index (χ3n) is 13.6. The van der Waals surface area contributed by atoms with Crippen molar-refractivity contribution in [3.8, 4) is 0 Å². The van der Waals surface area contributed by atoms with Crippen LogP contribution in [0, 0.1) is 0 Å². The fourth-order valence-electron chi connectivity index (χ4n) is 10.2. The molecule has 0 unspecified atom stereocenters. The Hall–Kier alpha value is -1.65. The molecule has 0 aromatic carbocycles.